The largest absolute Gasteiger partial charge is 0.467 e. The summed E-state index contributed by atoms with van der Waals surface area (Å²) in [4.78, 5) is 3.96. The quantitative estimate of drug-likeness (QED) is 0.624. The molecule has 0 aromatic carbocycles. The molecule has 0 aliphatic heterocycles. The Morgan fingerprint density at radius 3 is 2.78 bits per heavy atom. The van der Waals surface area contributed by atoms with Crippen molar-refractivity contribution in [2.24, 2.45) is 0 Å². The highest BCUT2D eigenvalue weighted by Crippen LogP contribution is 1.98. The predicted octanol–water partition coefficient (Wildman–Crippen LogP) is 0.376. The fourth-order valence-corrected chi connectivity index (χ4v) is 0.529. The smallest absolute Gasteiger partial charge is 0.312 e. The third kappa shape index (κ3) is 1.19. The van der Waals surface area contributed by atoms with Gasteiger partial charge >= 0.3 is 6.01 Å². The molecule has 4 nitrogen and oxygen atoms in total. The molecule has 9 heavy (non-hydrogen) atoms. The Labute approximate surface area is 53.3 Å². The first-order chi connectivity index (χ1) is 4.36. The van der Waals surface area contributed by atoms with E-state index in [0.29, 0.717) is 6.01 Å². The monoisotopic (exact) mass is 127 g/mol. The second-order valence-electron chi connectivity index (χ2n) is 1.61. The molecule has 1 heterocycles. The minimum Gasteiger partial charge on any atom is -0.467 e. The summed E-state index contributed by atoms with van der Waals surface area (Å²) in [6.07, 6.45) is 0.833. The second-order valence-corrected chi connectivity index (χ2v) is 1.61. The number of hydrogen-bond donors (Lipinski definition) is 1. The Hall–Kier alpha value is -1.06. The Bertz CT molecular complexity index is 166. The zero-order chi connectivity index (χ0) is 6.69. The van der Waals surface area contributed by atoms with E-state index in [0.717, 1.165) is 12.2 Å². The summed E-state index contributed by atoms with van der Waals surface area (Å²) in [6.45, 7) is 1.99. The van der Waals surface area contributed by atoms with Crippen LogP contribution in [0.15, 0.2) is 0 Å². The van der Waals surface area contributed by atoms with Crippen LogP contribution < -0.4 is 4.74 Å². The third-order valence-electron chi connectivity index (χ3n) is 1.02. The Kier molecular flexibility index (Phi) is 1.67. The molecule has 0 saturated heterocycles. The van der Waals surface area contributed by atoms with Crippen LogP contribution in [0.3, 0.4) is 0 Å². The van der Waals surface area contributed by atoms with Crippen LogP contribution in [0.5, 0.6) is 6.01 Å². The van der Waals surface area contributed by atoms with Crippen molar-refractivity contribution in [3.05, 3.63) is 5.82 Å². The van der Waals surface area contributed by atoms with Gasteiger partial charge in [0.15, 0.2) is 5.82 Å². The lowest BCUT2D eigenvalue weighted by molar-refractivity contribution is 0.381. The highest BCUT2D eigenvalue weighted by atomic mass is 16.5. The molecular weight excluding hydrogens is 118 g/mol. The van der Waals surface area contributed by atoms with Crippen molar-refractivity contribution in [2.45, 2.75) is 13.3 Å². The topological polar surface area (TPSA) is 50.8 Å². The molecule has 1 rings (SSSR count). The first-order valence-corrected chi connectivity index (χ1v) is 2.82. The van der Waals surface area contributed by atoms with Gasteiger partial charge in [-0.2, -0.15) is 10.1 Å². The first-order valence-electron chi connectivity index (χ1n) is 2.82. The number of methoxy groups -OCH3 is 1. The average molecular weight is 127 g/mol. The van der Waals surface area contributed by atoms with Gasteiger partial charge in [0.2, 0.25) is 0 Å². The van der Waals surface area contributed by atoms with Gasteiger partial charge in [0.1, 0.15) is 0 Å². The SMILES string of the molecule is CCc1n[nH]c(OC)n1. The summed E-state index contributed by atoms with van der Waals surface area (Å²) >= 11 is 0. The van der Waals surface area contributed by atoms with Crippen LogP contribution >= 0.6 is 0 Å². The average Bonchev–Trinajstić information content (AvgIpc) is 2.34. The van der Waals surface area contributed by atoms with Crippen molar-refractivity contribution in [1.29, 1.82) is 0 Å². The van der Waals surface area contributed by atoms with Gasteiger partial charge in [0.05, 0.1) is 7.11 Å². The lowest BCUT2D eigenvalue weighted by Crippen LogP contribution is -1.84. The molecule has 0 saturated carbocycles. The van der Waals surface area contributed by atoms with E-state index in [1.807, 2.05) is 6.92 Å². The van der Waals surface area contributed by atoms with E-state index in [-0.39, 0.29) is 0 Å². The molecule has 0 aliphatic rings. The van der Waals surface area contributed by atoms with Gasteiger partial charge in [0, 0.05) is 6.42 Å². The highest BCUT2D eigenvalue weighted by Gasteiger charge is 1.97. The lowest BCUT2D eigenvalue weighted by Gasteiger charge is -1.85. The zero-order valence-electron chi connectivity index (χ0n) is 5.51. The second kappa shape index (κ2) is 2.48. The molecule has 0 spiro atoms. The Balaban J connectivity index is 2.74. The Morgan fingerprint density at radius 2 is 2.44 bits per heavy atom. The van der Waals surface area contributed by atoms with E-state index in [2.05, 4.69) is 15.2 Å². The van der Waals surface area contributed by atoms with Crippen molar-refractivity contribution in [3.63, 3.8) is 0 Å². The summed E-state index contributed by atoms with van der Waals surface area (Å²) in [5.41, 5.74) is 0. The number of ether oxygens (including phenoxy) is 1. The molecule has 50 valence electrons. The van der Waals surface area contributed by atoms with Gasteiger partial charge in [-0.3, -0.25) is 0 Å². The minimum absolute atomic E-state index is 0.479. The number of nitrogens with one attached hydrogen (secondary N) is 1. The molecule has 1 aromatic heterocycles. The summed E-state index contributed by atoms with van der Waals surface area (Å²) in [5.74, 6) is 0.784. The highest BCUT2D eigenvalue weighted by molar-refractivity contribution is 4.93. The van der Waals surface area contributed by atoms with E-state index in [1.165, 1.54) is 0 Å². The summed E-state index contributed by atoms with van der Waals surface area (Å²) in [5, 5.41) is 6.47. The van der Waals surface area contributed by atoms with Crippen molar-refractivity contribution >= 4 is 0 Å². The fraction of sp³-hybridized carbons (Fsp3) is 0.600. The van der Waals surface area contributed by atoms with Crippen LogP contribution in [0.4, 0.5) is 0 Å². The Morgan fingerprint density at radius 1 is 1.67 bits per heavy atom. The maximum atomic E-state index is 4.77. The van der Waals surface area contributed by atoms with Crippen molar-refractivity contribution in [3.8, 4) is 6.01 Å². The standard InChI is InChI=1S/C5H9N3O/c1-3-4-6-5(9-2)8-7-4/h3H2,1-2H3,(H,6,7,8). The molecule has 0 bridgehead atoms. The van der Waals surface area contributed by atoms with E-state index in [4.69, 9.17) is 4.74 Å². The third-order valence-corrected chi connectivity index (χ3v) is 1.02. The number of rotatable bonds is 2. The van der Waals surface area contributed by atoms with Crippen LogP contribution in [-0.2, 0) is 6.42 Å². The number of aromatic amines is 1. The molecule has 0 unspecified atom stereocenters. The normalized spacial score (nSPS) is 9.56. The van der Waals surface area contributed by atoms with Crippen LogP contribution in [-0.4, -0.2) is 22.3 Å². The number of aromatic nitrogens is 3. The molecule has 0 radical (unpaired) electrons. The van der Waals surface area contributed by atoms with Gasteiger partial charge in [-0.15, -0.1) is 0 Å². The molecule has 4 heteroatoms. The molecule has 0 aliphatic carbocycles. The number of hydrogen-bond acceptors (Lipinski definition) is 3. The molecule has 0 atom stereocenters. The van der Waals surface area contributed by atoms with Crippen molar-refractivity contribution in [2.75, 3.05) is 7.11 Å². The van der Waals surface area contributed by atoms with Crippen molar-refractivity contribution in [1.82, 2.24) is 15.2 Å². The molecule has 0 fully saturated rings. The molecule has 1 N–H and O–H groups in total. The van der Waals surface area contributed by atoms with Gasteiger partial charge in [-0.25, -0.2) is 5.10 Å². The summed E-state index contributed by atoms with van der Waals surface area (Å²) in [6, 6.07) is 0.479. The van der Waals surface area contributed by atoms with Crippen molar-refractivity contribution < 1.29 is 4.74 Å². The van der Waals surface area contributed by atoms with Gasteiger partial charge in [0.25, 0.3) is 0 Å². The zero-order valence-corrected chi connectivity index (χ0v) is 5.51. The van der Waals surface area contributed by atoms with Crippen LogP contribution in [0.1, 0.15) is 12.7 Å². The van der Waals surface area contributed by atoms with E-state index in [9.17, 15) is 0 Å². The van der Waals surface area contributed by atoms with Gasteiger partial charge in [-0.05, 0) is 0 Å². The number of aryl methyl sites for hydroxylation is 1. The maximum absolute atomic E-state index is 4.77. The lowest BCUT2D eigenvalue weighted by atomic mass is 10.5. The van der Waals surface area contributed by atoms with Crippen LogP contribution in [0.25, 0.3) is 0 Å². The molecule has 0 amide bonds. The number of nitrogens with zero attached hydrogens (tertiary/aromatic N) is 2. The first kappa shape index (κ1) is 6.07. The molecular formula is C5H9N3O. The predicted molar refractivity (Wildman–Crippen MR) is 32.3 cm³/mol. The van der Waals surface area contributed by atoms with Gasteiger partial charge in [-0.1, -0.05) is 6.92 Å². The maximum Gasteiger partial charge on any atom is 0.312 e. The van der Waals surface area contributed by atoms with E-state index < -0.39 is 0 Å². The van der Waals surface area contributed by atoms with Crippen LogP contribution in [0, 0.1) is 0 Å². The molecule has 1 aromatic rings. The summed E-state index contributed by atoms with van der Waals surface area (Å²) < 4.78 is 4.77. The van der Waals surface area contributed by atoms with Gasteiger partial charge < -0.3 is 4.74 Å². The number of H-pyrrole nitrogens is 1. The van der Waals surface area contributed by atoms with E-state index >= 15 is 0 Å². The van der Waals surface area contributed by atoms with Crippen LogP contribution in [0.2, 0.25) is 0 Å². The fourth-order valence-electron chi connectivity index (χ4n) is 0.529. The summed E-state index contributed by atoms with van der Waals surface area (Å²) in [7, 11) is 1.56. The van der Waals surface area contributed by atoms with E-state index in [1.54, 1.807) is 7.11 Å². The minimum atomic E-state index is 0.479.